The Morgan fingerprint density at radius 3 is 2.54 bits per heavy atom. The van der Waals surface area contributed by atoms with Crippen LogP contribution in [0.5, 0.6) is 0 Å². The summed E-state index contributed by atoms with van der Waals surface area (Å²) in [4.78, 5) is 17.0. The maximum absolute atomic E-state index is 12.7. The Labute approximate surface area is 180 Å². The van der Waals surface area contributed by atoms with Crippen molar-refractivity contribution in [1.29, 1.82) is 0 Å². The Morgan fingerprint density at radius 2 is 1.89 bits per heavy atom. The van der Waals surface area contributed by atoms with Crippen molar-refractivity contribution in [3.05, 3.63) is 39.7 Å². The molecule has 1 aliphatic heterocycles. The SMILES string of the molecule is O=C(Nc1nc2c(Cl)cccc2s1)C1CCN(S(=O)(=O)c2ccc(Cl)s2)CC1. The van der Waals surface area contributed by atoms with E-state index >= 15 is 0 Å². The quantitative estimate of drug-likeness (QED) is 0.592. The minimum atomic E-state index is -3.56. The molecule has 3 aromatic rings. The minimum absolute atomic E-state index is 0.147. The Morgan fingerprint density at radius 1 is 1.14 bits per heavy atom. The number of halogens is 2. The Balaban J connectivity index is 1.40. The molecule has 1 amide bonds. The second-order valence-electron chi connectivity index (χ2n) is 6.33. The maximum atomic E-state index is 12.7. The lowest BCUT2D eigenvalue weighted by atomic mass is 9.97. The summed E-state index contributed by atoms with van der Waals surface area (Å²) < 4.78 is 28.3. The summed E-state index contributed by atoms with van der Waals surface area (Å²) >= 11 is 14.4. The van der Waals surface area contributed by atoms with Crippen molar-refractivity contribution in [2.75, 3.05) is 18.4 Å². The lowest BCUT2D eigenvalue weighted by Crippen LogP contribution is -2.41. The molecule has 1 saturated heterocycles. The van der Waals surface area contributed by atoms with Crippen LogP contribution in [-0.2, 0) is 14.8 Å². The zero-order valence-corrected chi connectivity index (χ0v) is 18.4. The molecular weight excluding hydrogens is 461 g/mol. The molecule has 0 saturated carbocycles. The van der Waals surface area contributed by atoms with Crippen LogP contribution >= 0.6 is 45.9 Å². The lowest BCUT2D eigenvalue weighted by molar-refractivity contribution is -0.120. The minimum Gasteiger partial charge on any atom is -0.302 e. The van der Waals surface area contributed by atoms with Crippen molar-refractivity contribution >= 4 is 77.2 Å². The van der Waals surface area contributed by atoms with Gasteiger partial charge in [0, 0.05) is 19.0 Å². The van der Waals surface area contributed by atoms with Crippen LogP contribution in [0.3, 0.4) is 0 Å². The number of hydrogen-bond donors (Lipinski definition) is 1. The standard InChI is InChI=1S/C17H15Cl2N3O3S3/c18-11-2-1-3-12-15(11)20-17(26-12)21-16(23)10-6-8-22(9-7-10)28(24,25)14-5-4-13(19)27-14/h1-5,10H,6-9H2,(H,20,21,23). The number of rotatable bonds is 4. The van der Waals surface area contributed by atoms with Crippen molar-refractivity contribution in [1.82, 2.24) is 9.29 Å². The summed E-state index contributed by atoms with van der Waals surface area (Å²) in [6, 6.07) is 8.58. The second kappa shape index (κ2) is 7.89. The summed E-state index contributed by atoms with van der Waals surface area (Å²) in [6.45, 7) is 0.587. The molecule has 1 aliphatic rings. The molecular formula is C17H15Cl2N3O3S3. The number of para-hydroxylation sites is 1. The molecule has 0 bridgehead atoms. The molecule has 3 heterocycles. The molecule has 0 spiro atoms. The van der Waals surface area contributed by atoms with Crippen LogP contribution in [0.1, 0.15) is 12.8 Å². The molecule has 148 valence electrons. The zero-order valence-electron chi connectivity index (χ0n) is 14.4. The number of amides is 1. The average molecular weight is 476 g/mol. The van der Waals surface area contributed by atoms with Crippen molar-refractivity contribution in [3.8, 4) is 0 Å². The van der Waals surface area contributed by atoms with Crippen molar-refractivity contribution in [2.45, 2.75) is 17.1 Å². The van der Waals surface area contributed by atoms with E-state index in [0.717, 1.165) is 16.0 Å². The fraction of sp³-hybridized carbons (Fsp3) is 0.294. The second-order valence-corrected chi connectivity index (χ2v) is 11.6. The first-order valence-electron chi connectivity index (χ1n) is 8.46. The Kier molecular flexibility index (Phi) is 5.65. The van der Waals surface area contributed by atoms with Crippen LogP contribution in [-0.4, -0.2) is 36.7 Å². The molecule has 0 atom stereocenters. The smallest absolute Gasteiger partial charge is 0.252 e. The third kappa shape index (κ3) is 3.92. The third-order valence-corrected chi connectivity index (χ3v) is 9.41. The molecule has 11 heteroatoms. The van der Waals surface area contributed by atoms with Crippen LogP contribution < -0.4 is 5.32 Å². The van der Waals surface area contributed by atoms with Crippen LogP contribution in [0.25, 0.3) is 10.2 Å². The molecule has 1 aromatic carbocycles. The van der Waals surface area contributed by atoms with Gasteiger partial charge in [0.1, 0.15) is 9.73 Å². The van der Waals surface area contributed by atoms with E-state index in [1.165, 1.54) is 21.7 Å². The third-order valence-electron chi connectivity index (χ3n) is 4.57. The first kappa shape index (κ1) is 20.1. The van der Waals surface area contributed by atoms with E-state index in [-0.39, 0.29) is 16.0 Å². The summed E-state index contributed by atoms with van der Waals surface area (Å²) in [5.41, 5.74) is 0.667. The van der Waals surface area contributed by atoms with Crippen LogP contribution in [0.2, 0.25) is 9.36 Å². The zero-order chi connectivity index (χ0) is 19.9. The van der Waals surface area contributed by atoms with E-state index in [4.69, 9.17) is 23.2 Å². The van der Waals surface area contributed by atoms with Gasteiger partial charge in [-0.2, -0.15) is 4.31 Å². The van der Waals surface area contributed by atoms with Gasteiger partial charge in [0.15, 0.2) is 5.13 Å². The number of benzene rings is 1. The summed E-state index contributed by atoms with van der Waals surface area (Å²) in [5.74, 6) is -0.410. The van der Waals surface area contributed by atoms with E-state index < -0.39 is 10.0 Å². The highest BCUT2D eigenvalue weighted by atomic mass is 35.5. The predicted octanol–water partition coefficient (Wildman–Crippen LogP) is 4.70. The number of thiophene rings is 1. The van der Waals surface area contributed by atoms with E-state index in [1.54, 1.807) is 12.1 Å². The molecule has 6 nitrogen and oxygen atoms in total. The molecule has 0 radical (unpaired) electrons. The number of nitrogens with zero attached hydrogens (tertiary/aromatic N) is 2. The highest BCUT2D eigenvalue weighted by Gasteiger charge is 2.33. The number of sulfonamides is 1. The van der Waals surface area contributed by atoms with Gasteiger partial charge < -0.3 is 5.32 Å². The lowest BCUT2D eigenvalue weighted by Gasteiger charge is -2.29. The molecule has 4 rings (SSSR count). The fourth-order valence-electron chi connectivity index (χ4n) is 3.10. The van der Waals surface area contributed by atoms with Crippen LogP contribution in [0.4, 0.5) is 5.13 Å². The Bertz CT molecular complexity index is 1130. The number of anilines is 1. The monoisotopic (exact) mass is 475 g/mol. The van der Waals surface area contributed by atoms with E-state index in [9.17, 15) is 13.2 Å². The van der Waals surface area contributed by atoms with Gasteiger partial charge in [0.25, 0.3) is 10.0 Å². The summed E-state index contributed by atoms with van der Waals surface area (Å²) in [5, 5.41) is 3.88. The normalized spacial score (nSPS) is 16.5. The molecule has 1 fully saturated rings. The first-order chi connectivity index (χ1) is 13.3. The van der Waals surface area contributed by atoms with Gasteiger partial charge in [-0.1, -0.05) is 40.6 Å². The van der Waals surface area contributed by atoms with Crippen molar-refractivity contribution in [3.63, 3.8) is 0 Å². The molecule has 1 N–H and O–H groups in total. The van der Waals surface area contributed by atoms with Crippen molar-refractivity contribution < 1.29 is 13.2 Å². The summed E-state index contributed by atoms with van der Waals surface area (Å²) in [7, 11) is -3.56. The van der Waals surface area contributed by atoms with Gasteiger partial charge >= 0.3 is 0 Å². The number of fused-ring (bicyclic) bond motifs is 1. The number of carbonyl (C=O) groups is 1. The van der Waals surface area contributed by atoms with Crippen LogP contribution in [0.15, 0.2) is 34.5 Å². The number of carbonyl (C=O) groups excluding carboxylic acids is 1. The van der Waals surface area contributed by atoms with Gasteiger partial charge in [-0.15, -0.1) is 11.3 Å². The molecule has 2 aromatic heterocycles. The number of hydrogen-bond acceptors (Lipinski definition) is 6. The fourth-order valence-corrected chi connectivity index (χ4v) is 7.37. The van der Waals surface area contributed by atoms with Gasteiger partial charge in [-0.05, 0) is 37.1 Å². The number of nitrogens with one attached hydrogen (secondary N) is 1. The maximum Gasteiger partial charge on any atom is 0.252 e. The molecule has 0 aliphatic carbocycles. The largest absolute Gasteiger partial charge is 0.302 e. The number of piperidine rings is 1. The number of aromatic nitrogens is 1. The number of thiazole rings is 1. The van der Waals surface area contributed by atoms with Gasteiger partial charge in [-0.25, -0.2) is 13.4 Å². The van der Waals surface area contributed by atoms with E-state index in [2.05, 4.69) is 10.3 Å². The van der Waals surface area contributed by atoms with E-state index in [1.807, 2.05) is 12.1 Å². The van der Waals surface area contributed by atoms with Crippen LogP contribution in [0, 0.1) is 5.92 Å². The highest BCUT2D eigenvalue weighted by molar-refractivity contribution is 7.91. The Hall–Kier alpha value is -1.23. The van der Waals surface area contributed by atoms with E-state index in [0.29, 0.717) is 45.9 Å². The van der Waals surface area contributed by atoms with Gasteiger partial charge in [0.05, 0.1) is 14.1 Å². The van der Waals surface area contributed by atoms with Crippen molar-refractivity contribution in [2.24, 2.45) is 5.92 Å². The first-order valence-corrected chi connectivity index (χ1v) is 12.3. The summed E-state index contributed by atoms with van der Waals surface area (Å²) in [6.07, 6.45) is 0.908. The van der Waals surface area contributed by atoms with Gasteiger partial charge in [-0.3, -0.25) is 4.79 Å². The topological polar surface area (TPSA) is 79.4 Å². The molecule has 0 unspecified atom stereocenters. The van der Waals surface area contributed by atoms with Gasteiger partial charge in [0.2, 0.25) is 5.91 Å². The average Bonchev–Trinajstić information content (AvgIpc) is 3.29. The predicted molar refractivity (Wildman–Crippen MR) is 114 cm³/mol. The molecule has 28 heavy (non-hydrogen) atoms. The highest BCUT2D eigenvalue weighted by Crippen LogP contribution is 2.33.